The van der Waals surface area contributed by atoms with Gasteiger partial charge < -0.3 is 4.90 Å². The van der Waals surface area contributed by atoms with Gasteiger partial charge >= 0.3 is 0 Å². The molecule has 74 valence electrons. The third-order valence-electron chi connectivity index (χ3n) is 2.51. The molecule has 1 rings (SSSR count). The summed E-state index contributed by atoms with van der Waals surface area (Å²) in [5.74, 6) is 0.975. The molecule has 13 heavy (non-hydrogen) atoms. The number of amides is 1. The van der Waals surface area contributed by atoms with E-state index in [1.54, 1.807) is 6.08 Å². The molecule has 0 atom stereocenters. The molecule has 0 unspecified atom stereocenters. The molecule has 0 aliphatic carbocycles. The predicted octanol–water partition coefficient (Wildman–Crippen LogP) is 2.21. The van der Waals surface area contributed by atoms with Gasteiger partial charge in [-0.25, -0.2) is 0 Å². The molecular weight excluding hydrogens is 162 g/mol. The van der Waals surface area contributed by atoms with Crippen LogP contribution in [0.5, 0.6) is 0 Å². The van der Waals surface area contributed by atoms with E-state index in [1.807, 2.05) is 18.7 Å². The van der Waals surface area contributed by atoms with Crippen LogP contribution in [-0.2, 0) is 4.79 Å². The maximum Gasteiger partial charge on any atom is 0.246 e. The molecule has 1 amide bonds. The Morgan fingerprint density at radius 3 is 2.31 bits per heavy atom. The molecule has 0 aromatic carbocycles. The van der Waals surface area contributed by atoms with Crippen molar-refractivity contribution in [1.82, 2.24) is 4.90 Å². The quantitative estimate of drug-likeness (QED) is 0.568. The highest BCUT2D eigenvalue weighted by Gasteiger charge is 2.18. The Labute approximate surface area is 80.6 Å². The molecule has 0 saturated carbocycles. The number of nitrogens with zero attached hydrogens (tertiary/aromatic N) is 1. The average Bonchev–Trinajstić information content (AvgIpc) is 2.04. The molecule has 1 aliphatic rings. The van der Waals surface area contributed by atoms with Crippen LogP contribution in [0, 0.1) is 5.92 Å². The van der Waals surface area contributed by atoms with E-state index in [4.69, 9.17) is 0 Å². The zero-order chi connectivity index (χ0) is 9.84. The highest BCUT2D eigenvalue weighted by atomic mass is 16.2. The average molecular weight is 181 g/mol. The van der Waals surface area contributed by atoms with E-state index >= 15 is 0 Å². The highest BCUT2D eigenvalue weighted by molar-refractivity contribution is 5.88. The van der Waals surface area contributed by atoms with Crippen molar-refractivity contribution in [3.8, 4) is 0 Å². The van der Waals surface area contributed by atoms with Gasteiger partial charge in [0.15, 0.2) is 0 Å². The lowest BCUT2D eigenvalue weighted by Crippen LogP contribution is -2.36. The summed E-state index contributed by atoms with van der Waals surface area (Å²) in [5, 5.41) is 0. The van der Waals surface area contributed by atoms with Gasteiger partial charge in [0.1, 0.15) is 0 Å². The van der Waals surface area contributed by atoms with Crippen LogP contribution in [-0.4, -0.2) is 23.9 Å². The van der Waals surface area contributed by atoms with Crippen LogP contribution >= 0.6 is 0 Å². The number of allylic oxidation sites excluding steroid dienone is 1. The minimum Gasteiger partial charge on any atom is -0.339 e. The van der Waals surface area contributed by atoms with Crippen LogP contribution < -0.4 is 0 Å². The first-order valence-electron chi connectivity index (χ1n) is 5.03. The molecule has 0 aromatic heterocycles. The van der Waals surface area contributed by atoms with Gasteiger partial charge in [-0.05, 0) is 32.6 Å². The van der Waals surface area contributed by atoms with Gasteiger partial charge in [0.25, 0.3) is 0 Å². The number of carbonyl (C=O) groups excluding carboxylic acids is 1. The Hall–Kier alpha value is -0.790. The van der Waals surface area contributed by atoms with Crippen molar-refractivity contribution in [3.05, 3.63) is 11.6 Å². The Morgan fingerprint density at radius 1 is 1.31 bits per heavy atom. The first kappa shape index (κ1) is 10.3. The van der Waals surface area contributed by atoms with Crippen LogP contribution in [0.1, 0.15) is 33.6 Å². The fourth-order valence-corrected chi connectivity index (χ4v) is 1.57. The second kappa shape index (κ2) is 4.45. The summed E-state index contributed by atoms with van der Waals surface area (Å²) in [6.07, 6.45) is 4.04. The molecule has 1 fully saturated rings. The molecular formula is C11H19NO. The van der Waals surface area contributed by atoms with Gasteiger partial charge in [0.2, 0.25) is 5.91 Å². The van der Waals surface area contributed by atoms with Gasteiger partial charge in [-0.15, -0.1) is 0 Å². The molecule has 0 N–H and O–H groups in total. The molecule has 0 radical (unpaired) electrons. The molecule has 2 heteroatoms. The van der Waals surface area contributed by atoms with E-state index in [0.29, 0.717) is 0 Å². The Balaban J connectivity index is 2.45. The summed E-state index contributed by atoms with van der Waals surface area (Å²) >= 11 is 0. The van der Waals surface area contributed by atoms with Crippen LogP contribution in [0.4, 0.5) is 0 Å². The lowest BCUT2D eigenvalue weighted by molar-refractivity contribution is -0.127. The maximum atomic E-state index is 11.6. The molecule has 1 heterocycles. The number of carbonyl (C=O) groups is 1. The van der Waals surface area contributed by atoms with E-state index in [2.05, 4.69) is 6.92 Å². The van der Waals surface area contributed by atoms with Crippen molar-refractivity contribution in [2.45, 2.75) is 33.6 Å². The zero-order valence-electron chi connectivity index (χ0n) is 8.84. The van der Waals surface area contributed by atoms with Gasteiger partial charge in [0.05, 0.1) is 0 Å². The van der Waals surface area contributed by atoms with Gasteiger partial charge in [0, 0.05) is 19.2 Å². The summed E-state index contributed by atoms with van der Waals surface area (Å²) < 4.78 is 0. The number of hydrogen-bond acceptors (Lipinski definition) is 1. The van der Waals surface area contributed by atoms with E-state index in [1.165, 1.54) is 0 Å². The van der Waals surface area contributed by atoms with Gasteiger partial charge in [-0.2, -0.15) is 0 Å². The molecule has 1 saturated heterocycles. The summed E-state index contributed by atoms with van der Waals surface area (Å²) in [4.78, 5) is 13.5. The Bertz CT molecular complexity index is 208. The number of hydrogen-bond donors (Lipinski definition) is 0. The topological polar surface area (TPSA) is 20.3 Å². The molecule has 2 nitrogen and oxygen atoms in total. The highest BCUT2D eigenvalue weighted by Crippen LogP contribution is 2.16. The van der Waals surface area contributed by atoms with Crippen molar-refractivity contribution in [2.75, 3.05) is 13.1 Å². The summed E-state index contributed by atoms with van der Waals surface area (Å²) in [5.41, 5.74) is 1.09. The molecule has 0 spiro atoms. The smallest absolute Gasteiger partial charge is 0.246 e. The summed E-state index contributed by atoms with van der Waals surface area (Å²) in [6, 6.07) is 0. The zero-order valence-corrected chi connectivity index (χ0v) is 8.84. The fourth-order valence-electron chi connectivity index (χ4n) is 1.57. The van der Waals surface area contributed by atoms with Gasteiger partial charge in [-0.1, -0.05) is 12.5 Å². The SMILES string of the molecule is CC(C)=CC(=O)N1CCC(C)CC1. The minimum absolute atomic E-state index is 0.187. The first-order valence-corrected chi connectivity index (χ1v) is 5.03. The van der Waals surface area contributed by atoms with Crippen molar-refractivity contribution in [3.63, 3.8) is 0 Å². The predicted molar refractivity (Wildman–Crippen MR) is 54.4 cm³/mol. The van der Waals surface area contributed by atoms with Crippen LogP contribution in [0.2, 0.25) is 0 Å². The lowest BCUT2D eigenvalue weighted by Gasteiger charge is -2.29. The summed E-state index contributed by atoms with van der Waals surface area (Å²) in [6.45, 7) is 8.05. The standard InChI is InChI=1S/C11H19NO/c1-9(2)8-11(13)12-6-4-10(3)5-7-12/h8,10H,4-7H2,1-3H3. The molecule has 1 aliphatic heterocycles. The Morgan fingerprint density at radius 2 is 1.85 bits per heavy atom. The van der Waals surface area contributed by atoms with Gasteiger partial charge in [-0.3, -0.25) is 4.79 Å². The monoisotopic (exact) mass is 181 g/mol. The first-order chi connectivity index (χ1) is 6.09. The fraction of sp³-hybridized carbons (Fsp3) is 0.727. The second-order valence-electron chi connectivity index (χ2n) is 4.23. The molecule has 0 bridgehead atoms. The van der Waals surface area contributed by atoms with E-state index in [-0.39, 0.29) is 5.91 Å². The third kappa shape index (κ3) is 3.21. The van der Waals surface area contributed by atoms with E-state index < -0.39 is 0 Å². The van der Waals surface area contributed by atoms with Crippen molar-refractivity contribution < 1.29 is 4.79 Å². The number of likely N-dealkylation sites (tertiary alicyclic amines) is 1. The van der Waals surface area contributed by atoms with E-state index in [0.717, 1.165) is 37.4 Å². The second-order valence-corrected chi connectivity index (χ2v) is 4.23. The van der Waals surface area contributed by atoms with Crippen LogP contribution in [0.3, 0.4) is 0 Å². The van der Waals surface area contributed by atoms with Crippen LogP contribution in [0.15, 0.2) is 11.6 Å². The molecule has 0 aromatic rings. The van der Waals surface area contributed by atoms with Crippen LogP contribution in [0.25, 0.3) is 0 Å². The minimum atomic E-state index is 0.187. The normalized spacial score (nSPS) is 18.5. The third-order valence-corrected chi connectivity index (χ3v) is 2.51. The largest absolute Gasteiger partial charge is 0.339 e. The summed E-state index contributed by atoms with van der Waals surface area (Å²) in [7, 11) is 0. The van der Waals surface area contributed by atoms with Crippen molar-refractivity contribution >= 4 is 5.91 Å². The van der Waals surface area contributed by atoms with E-state index in [9.17, 15) is 4.79 Å². The number of rotatable bonds is 1. The van der Waals surface area contributed by atoms with Crippen molar-refractivity contribution in [2.24, 2.45) is 5.92 Å². The maximum absolute atomic E-state index is 11.6. The van der Waals surface area contributed by atoms with Crippen molar-refractivity contribution in [1.29, 1.82) is 0 Å². The Kier molecular flexibility index (Phi) is 3.52. The number of piperidine rings is 1. The lowest BCUT2D eigenvalue weighted by atomic mass is 9.99.